The fraction of sp³-hybridized carbons (Fsp3) is 0.500. The van der Waals surface area contributed by atoms with E-state index >= 15 is 0 Å². The molecule has 1 aliphatic heterocycles. The molecule has 1 heterocycles. The van der Waals surface area contributed by atoms with Gasteiger partial charge in [0.25, 0.3) is 5.91 Å². The number of rotatable bonds is 8. The number of primary amides is 1. The Morgan fingerprint density at radius 3 is 2.83 bits per heavy atom. The lowest BCUT2D eigenvalue weighted by atomic mass is 10.1. The molecule has 0 bridgehead atoms. The largest absolute Gasteiger partial charge is 0.482 e. The highest BCUT2D eigenvalue weighted by atomic mass is 35.5. The van der Waals surface area contributed by atoms with Gasteiger partial charge in [0.05, 0.1) is 0 Å². The third-order valence-corrected chi connectivity index (χ3v) is 5.29. The van der Waals surface area contributed by atoms with Crippen LogP contribution in [0.15, 0.2) is 23.1 Å². The minimum Gasteiger partial charge on any atom is -0.482 e. The summed E-state index contributed by atoms with van der Waals surface area (Å²) in [6, 6.07) is 4.18. The lowest BCUT2D eigenvalue weighted by Crippen LogP contribution is -2.28. The van der Waals surface area contributed by atoms with Gasteiger partial charge in [-0.2, -0.15) is 0 Å². The average molecular weight is 398 g/mol. The van der Waals surface area contributed by atoms with E-state index < -0.39 is 22.5 Å². The number of sulfonamides is 1. The van der Waals surface area contributed by atoms with E-state index in [-0.39, 0.29) is 28.1 Å². The van der Waals surface area contributed by atoms with E-state index in [9.17, 15) is 13.2 Å². The van der Waals surface area contributed by atoms with Gasteiger partial charge in [-0.15, -0.1) is 12.4 Å². The lowest BCUT2D eigenvalue weighted by Gasteiger charge is -2.13. The van der Waals surface area contributed by atoms with Crippen LogP contribution in [0.4, 0.5) is 0 Å². The SMILES string of the molecule is Cl.NC(=O)COc1ccc(Cl)cc1S(=O)(=O)NCCC1CCNC1. The van der Waals surface area contributed by atoms with E-state index in [0.29, 0.717) is 12.5 Å². The van der Waals surface area contributed by atoms with Crippen LogP contribution in [0.2, 0.25) is 5.02 Å². The van der Waals surface area contributed by atoms with Crippen molar-refractivity contribution in [3.63, 3.8) is 0 Å². The van der Waals surface area contributed by atoms with E-state index in [0.717, 1.165) is 25.9 Å². The highest BCUT2D eigenvalue weighted by Gasteiger charge is 2.22. The zero-order valence-electron chi connectivity index (χ0n) is 13.0. The summed E-state index contributed by atoms with van der Waals surface area (Å²) in [6.07, 6.45) is 1.80. The number of halogens is 2. The second-order valence-electron chi connectivity index (χ2n) is 5.39. The first-order chi connectivity index (χ1) is 10.9. The topological polar surface area (TPSA) is 111 Å². The molecule has 1 atom stereocenters. The van der Waals surface area contributed by atoms with Crippen molar-refractivity contribution in [3.8, 4) is 5.75 Å². The summed E-state index contributed by atoms with van der Waals surface area (Å²) in [6.45, 7) is 1.80. The van der Waals surface area contributed by atoms with Crippen molar-refractivity contribution in [1.29, 1.82) is 0 Å². The van der Waals surface area contributed by atoms with Crippen LogP contribution in [-0.4, -0.2) is 40.6 Å². The van der Waals surface area contributed by atoms with Gasteiger partial charge in [0, 0.05) is 11.6 Å². The molecule has 0 aromatic heterocycles. The fourth-order valence-electron chi connectivity index (χ4n) is 2.40. The molecular formula is C14H21Cl2N3O4S. The minimum atomic E-state index is -3.78. The van der Waals surface area contributed by atoms with Crippen LogP contribution in [0.3, 0.4) is 0 Å². The maximum atomic E-state index is 12.4. The van der Waals surface area contributed by atoms with Gasteiger partial charge in [-0.25, -0.2) is 13.1 Å². The number of benzene rings is 1. The van der Waals surface area contributed by atoms with Crippen LogP contribution in [0.5, 0.6) is 5.75 Å². The molecule has 10 heteroatoms. The van der Waals surface area contributed by atoms with Gasteiger partial charge in [-0.05, 0) is 50.0 Å². The summed E-state index contributed by atoms with van der Waals surface area (Å²) in [5.41, 5.74) is 5.02. The maximum absolute atomic E-state index is 12.4. The average Bonchev–Trinajstić information content (AvgIpc) is 2.99. The Morgan fingerprint density at radius 2 is 2.21 bits per heavy atom. The Kier molecular flexibility index (Phi) is 8.24. The summed E-state index contributed by atoms with van der Waals surface area (Å²) < 4.78 is 32.6. The minimum absolute atomic E-state index is 0. The molecule has 2 rings (SSSR count). The van der Waals surface area contributed by atoms with Crippen molar-refractivity contribution in [3.05, 3.63) is 23.2 Å². The Bertz CT molecular complexity index is 664. The van der Waals surface area contributed by atoms with Gasteiger partial charge < -0.3 is 15.8 Å². The van der Waals surface area contributed by atoms with Crippen molar-refractivity contribution in [1.82, 2.24) is 10.0 Å². The molecule has 1 unspecified atom stereocenters. The van der Waals surface area contributed by atoms with Gasteiger partial charge in [0.15, 0.2) is 6.61 Å². The number of hydrogen-bond donors (Lipinski definition) is 3. The second-order valence-corrected chi connectivity index (χ2v) is 7.56. The summed E-state index contributed by atoms with van der Waals surface area (Å²) >= 11 is 5.88. The van der Waals surface area contributed by atoms with Gasteiger partial charge in [-0.1, -0.05) is 11.6 Å². The van der Waals surface area contributed by atoms with E-state index in [4.69, 9.17) is 22.1 Å². The molecule has 0 saturated carbocycles. The Labute approximate surface area is 152 Å². The molecule has 136 valence electrons. The zero-order valence-corrected chi connectivity index (χ0v) is 15.3. The zero-order chi connectivity index (χ0) is 16.9. The molecule has 0 aliphatic carbocycles. The number of nitrogens with one attached hydrogen (secondary N) is 2. The molecule has 1 fully saturated rings. The monoisotopic (exact) mass is 397 g/mol. The van der Waals surface area contributed by atoms with Crippen LogP contribution < -0.4 is 20.5 Å². The molecule has 1 aromatic carbocycles. The predicted octanol–water partition coefficient (Wildman–Crippen LogP) is 0.904. The fourth-order valence-corrected chi connectivity index (χ4v) is 3.85. The molecule has 0 spiro atoms. The van der Waals surface area contributed by atoms with Crippen LogP contribution >= 0.6 is 24.0 Å². The van der Waals surface area contributed by atoms with Crippen molar-refractivity contribution in [2.75, 3.05) is 26.2 Å². The molecule has 1 saturated heterocycles. The van der Waals surface area contributed by atoms with Gasteiger partial charge in [0.2, 0.25) is 10.0 Å². The van der Waals surface area contributed by atoms with Crippen LogP contribution in [0.1, 0.15) is 12.8 Å². The first-order valence-corrected chi connectivity index (χ1v) is 9.15. The van der Waals surface area contributed by atoms with E-state index in [2.05, 4.69) is 10.0 Å². The number of carbonyl (C=O) groups is 1. The number of carbonyl (C=O) groups excluding carboxylic acids is 1. The molecule has 1 amide bonds. The van der Waals surface area contributed by atoms with Crippen molar-refractivity contribution >= 4 is 39.9 Å². The lowest BCUT2D eigenvalue weighted by molar-refractivity contribution is -0.120. The summed E-state index contributed by atoms with van der Waals surface area (Å²) in [7, 11) is -3.78. The Balaban J connectivity index is 0.00000288. The Hall–Kier alpha value is -1.06. The number of nitrogens with two attached hydrogens (primary N) is 1. The van der Waals surface area contributed by atoms with Crippen LogP contribution in [0.25, 0.3) is 0 Å². The first kappa shape index (κ1) is 21.0. The van der Waals surface area contributed by atoms with E-state index in [1.807, 2.05) is 0 Å². The molecule has 1 aliphatic rings. The standard InChI is InChI=1S/C14H20ClN3O4S.ClH/c15-11-1-2-12(22-9-14(16)19)13(7-11)23(20,21)18-6-4-10-3-5-17-8-10;/h1-2,7,10,17-18H,3-6,8-9H2,(H2,16,19);1H. The summed E-state index contributed by atoms with van der Waals surface area (Å²) in [5.74, 6) is -0.170. The summed E-state index contributed by atoms with van der Waals surface area (Å²) in [5, 5.41) is 3.50. The molecular weight excluding hydrogens is 377 g/mol. The normalized spacial score (nSPS) is 17.3. The van der Waals surface area contributed by atoms with Crippen molar-refractivity contribution in [2.45, 2.75) is 17.7 Å². The van der Waals surface area contributed by atoms with Crippen molar-refractivity contribution < 1.29 is 17.9 Å². The number of ether oxygens (including phenoxy) is 1. The third kappa shape index (κ3) is 6.10. The van der Waals surface area contributed by atoms with Gasteiger partial charge in [0.1, 0.15) is 10.6 Å². The van der Waals surface area contributed by atoms with Crippen LogP contribution in [0, 0.1) is 5.92 Å². The first-order valence-electron chi connectivity index (χ1n) is 7.29. The van der Waals surface area contributed by atoms with Crippen molar-refractivity contribution in [2.24, 2.45) is 11.7 Å². The number of amides is 1. The van der Waals surface area contributed by atoms with Gasteiger partial charge >= 0.3 is 0 Å². The third-order valence-electron chi connectivity index (χ3n) is 3.57. The molecule has 7 nitrogen and oxygen atoms in total. The van der Waals surface area contributed by atoms with Crippen LogP contribution in [-0.2, 0) is 14.8 Å². The molecule has 1 aromatic rings. The van der Waals surface area contributed by atoms with E-state index in [1.54, 1.807) is 0 Å². The Morgan fingerprint density at radius 1 is 1.46 bits per heavy atom. The predicted molar refractivity (Wildman–Crippen MR) is 94.2 cm³/mol. The smallest absolute Gasteiger partial charge is 0.255 e. The number of hydrogen-bond acceptors (Lipinski definition) is 5. The summed E-state index contributed by atoms with van der Waals surface area (Å²) in [4.78, 5) is 10.7. The highest BCUT2D eigenvalue weighted by Crippen LogP contribution is 2.27. The second kappa shape index (κ2) is 9.43. The molecule has 0 radical (unpaired) electrons. The molecule has 4 N–H and O–H groups in total. The molecule has 24 heavy (non-hydrogen) atoms. The van der Waals surface area contributed by atoms with E-state index in [1.165, 1.54) is 18.2 Å². The van der Waals surface area contributed by atoms with Gasteiger partial charge in [-0.3, -0.25) is 4.79 Å². The quantitative estimate of drug-likeness (QED) is 0.603. The maximum Gasteiger partial charge on any atom is 0.255 e. The highest BCUT2D eigenvalue weighted by molar-refractivity contribution is 7.89.